The molecule has 1 aliphatic heterocycles. The number of hydrogen-bond donors (Lipinski definition) is 2. The molecule has 1 aliphatic carbocycles. The lowest BCUT2D eigenvalue weighted by atomic mass is 9.96. The molecule has 144 valence electrons. The van der Waals surface area contributed by atoms with Crippen LogP contribution in [0.2, 0.25) is 0 Å². The van der Waals surface area contributed by atoms with Gasteiger partial charge in [0.1, 0.15) is 0 Å². The Bertz CT molecular complexity index is 642. The Kier molecular flexibility index (Phi) is 8.19. The molecule has 0 unspecified atom stereocenters. The molecule has 1 aromatic rings. The number of benzene rings is 1. The fraction of sp³-hybridized carbons (Fsp3) is 0.579. The van der Waals surface area contributed by atoms with E-state index >= 15 is 0 Å². The quantitative estimate of drug-likeness (QED) is 0.346. The molecular formula is C19H28BrIN4O. The van der Waals surface area contributed by atoms with Gasteiger partial charge >= 0.3 is 0 Å². The number of nitrogens with zero attached hydrogens (tertiary/aromatic N) is 2. The molecule has 0 spiro atoms. The third-order valence-electron chi connectivity index (χ3n) is 5.23. The van der Waals surface area contributed by atoms with E-state index in [4.69, 9.17) is 0 Å². The van der Waals surface area contributed by atoms with Crippen LogP contribution in [0.1, 0.15) is 37.7 Å². The van der Waals surface area contributed by atoms with Crippen LogP contribution in [0.3, 0.4) is 0 Å². The normalized spacial score (nSPS) is 18.7. The summed E-state index contributed by atoms with van der Waals surface area (Å²) in [6, 6.07) is 8.42. The number of rotatable bonds is 5. The first-order chi connectivity index (χ1) is 12.1. The topological polar surface area (TPSA) is 56.7 Å². The Labute approximate surface area is 181 Å². The summed E-state index contributed by atoms with van der Waals surface area (Å²) >= 11 is 3.67. The zero-order valence-corrected chi connectivity index (χ0v) is 19.2. The van der Waals surface area contributed by atoms with Crippen LogP contribution < -0.4 is 10.6 Å². The minimum Gasteiger partial charge on any atom is -0.356 e. The molecule has 26 heavy (non-hydrogen) atoms. The first kappa shape index (κ1) is 21.5. The van der Waals surface area contributed by atoms with Crippen molar-refractivity contribution in [2.24, 2.45) is 4.99 Å². The molecule has 1 heterocycles. The van der Waals surface area contributed by atoms with Crippen molar-refractivity contribution in [3.05, 3.63) is 34.3 Å². The molecule has 1 saturated heterocycles. The number of aliphatic imine (C=N–C) groups is 1. The molecule has 0 atom stereocenters. The van der Waals surface area contributed by atoms with E-state index in [9.17, 15) is 4.79 Å². The predicted octanol–water partition coefficient (Wildman–Crippen LogP) is 3.28. The van der Waals surface area contributed by atoms with Gasteiger partial charge in [0, 0.05) is 36.6 Å². The molecule has 2 N–H and O–H groups in total. The molecular weight excluding hydrogens is 507 g/mol. The Hall–Kier alpha value is -0.830. The highest BCUT2D eigenvalue weighted by molar-refractivity contribution is 14.0. The van der Waals surface area contributed by atoms with Gasteiger partial charge in [-0.05, 0) is 43.7 Å². The maximum Gasteiger partial charge on any atom is 0.241 e. The van der Waals surface area contributed by atoms with E-state index < -0.39 is 0 Å². The molecule has 0 bridgehead atoms. The SMILES string of the molecule is CN=C(NCC(=O)N1CCCCC1)NCC1(c2ccccc2Br)CC1.I. The lowest BCUT2D eigenvalue weighted by molar-refractivity contribution is -0.130. The largest absolute Gasteiger partial charge is 0.356 e. The molecule has 2 aliphatic rings. The summed E-state index contributed by atoms with van der Waals surface area (Å²) in [6.45, 7) is 2.91. The van der Waals surface area contributed by atoms with Crippen LogP contribution in [0.4, 0.5) is 0 Å². The van der Waals surface area contributed by atoms with E-state index in [1.165, 1.54) is 24.8 Å². The van der Waals surface area contributed by atoms with Crippen molar-refractivity contribution in [1.82, 2.24) is 15.5 Å². The average Bonchev–Trinajstić information content (AvgIpc) is 3.43. The van der Waals surface area contributed by atoms with Gasteiger partial charge in [-0.3, -0.25) is 9.79 Å². The van der Waals surface area contributed by atoms with Crippen LogP contribution in [-0.2, 0) is 10.2 Å². The van der Waals surface area contributed by atoms with Crippen LogP contribution in [0.5, 0.6) is 0 Å². The predicted molar refractivity (Wildman–Crippen MR) is 120 cm³/mol. The molecule has 3 rings (SSSR count). The molecule has 2 fully saturated rings. The Morgan fingerprint density at radius 1 is 1.19 bits per heavy atom. The van der Waals surface area contributed by atoms with Crippen LogP contribution in [0, 0.1) is 0 Å². The van der Waals surface area contributed by atoms with Gasteiger partial charge in [0.15, 0.2) is 5.96 Å². The molecule has 0 radical (unpaired) electrons. The van der Waals surface area contributed by atoms with Crippen LogP contribution >= 0.6 is 39.9 Å². The Morgan fingerprint density at radius 3 is 2.50 bits per heavy atom. The van der Waals surface area contributed by atoms with Gasteiger partial charge in [0.05, 0.1) is 6.54 Å². The summed E-state index contributed by atoms with van der Waals surface area (Å²) in [6.07, 6.45) is 5.82. The molecule has 1 saturated carbocycles. The summed E-state index contributed by atoms with van der Waals surface area (Å²) in [5.41, 5.74) is 1.52. The van der Waals surface area contributed by atoms with E-state index in [1.807, 2.05) is 11.0 Å². The van der Waals surface area contributed by atoms with Gasteiger partial charge in [0.25, 0.3) is 0 Å². The Morgan fingerprint density at radius 2 is 1.88 bits per heavy atom. The van der Waals surface area contributed by atoms with Gasteiger partial charge < -0.3 is 15.5 Å². The second kappa shape index (κ2) is 9.92. The lowest BCUT2D eigenvalue weighted by Crippen LogP contribution is -2.47. The van der Waals surface area contributed by atoms with Gasteiger partial charge in [-0.15, -0.1) is 24.0 Å². The molecule has 1 amide bonds. The highest BCUT2D eigenvalue weighted by Crippen LogP contribution is 2.49. The van der Waals surface area contributed by atoms with Crippen molar-refractivity contribution in [3.63, 3.8) is 0 Å². The maximum absolute atomic E-state index is 12.3. The Balaban J connectivity index is 0.00000243. The summed E-state index contributed by atoms with van der Waals surface area (Å²) < 4.78 is 1.16. The second-order valence-electron chi connectivity index (χ2n) is 6.98. The van der Waals surface area contributed by atoms with Crippen LogP contribution in [0.15, 0.2) is 33.7 Å². The van der Waals surface area contributed by atoms with Crippen LogP contribution in [0.25, 0.3) is 0 Å². The van der Waals surface area contributed by atoms with Gasteiger partial charge in [-0.25, -0.2) is 0 Å². The van der Waals surface area contributed by atoms with Gasteiger partial charge in [0.2, 0.25) is 5.91 Å². The molecule has 7 heteroatoms. The average molecular weight is 535 g/mol. The number of amides is 1. The van der Waals surface area contributed by atoms with Crippen molar-refractivity contribution < 1.29 is 4.79 Å². The zero-order valence-electron chi connectivity index (χ0n) is 15.3. The fourth-order valence-electron chi connectivity index (χ4n) is 3.47. The van der Waals surface area contributed by atoms with Crippen LogP contribution in [-0.4, -0.2) is 50.0 Å². The highest BCUT2D eigenvalue weighted by Gasteiger charge is 2.45. The van der Waals surface area contributed by atoms with Crippen molar-refractivity contribution in [2.45, 2.75) is 37.5 Å². The van der Waals surface area contributed by atoms with Crippen molar-refractivity contribution in [2.75, 3.05) is 33.2 Å². The fourth-order valence-corrected chi connectivity index (χ4v) is 4.18. The highest BCUT2D eigenvalue weighted by atomic mass is 127. The zero-order chi connectivity index (χ0) is 17.7. The number of carbonyl (C=O) groups excluding carboxylic acids is 1. The first-order valence-corrected chi connectivity index (χ1v) is 9.91. The number of hydrogen-bond acceptors (Lipinski definition) is 2. The third-order valence-corrected chi connectivity index (χ3v) is 5.92. The van der Waals surface area contributed by atoms with Gasteiger partial charge in [-0.1, -0.05) is 34.1 Å². The number of halogens is 2. The molecule has 0 aromatic heterocycles. The minimum absolute atomic E-state index is 0. The first-order valence-electron chi connectivity index (χ1n) is 9.12. The van der Waals surface area contributed by atoms with E-state index in [2.05, 4.69) is 49.8 Å². The van der Waals surface area contributed by atoms with E-state index in [1.54, 1.807) is 7.05 Å². The van der Waals surface area contributed by atoms with Crippen molar-refractivity contribution in [3.8, 4) is 0 Å². The number of piperidine rings is 1. The molecule has 5 nitrogen and oxygen atoms in total. The van der Waals surface area contributed by atoms with E-state index in [0.717, 1.165) is 36.9 Å². The number of guanidine groups is 1. The van der Waals surface area contributed by atoms with Gasteiger partial charge in [-0.2, -0.15) is 0 Å². The lowest BCUT2D eigenvalue weighted by Gasteiger charge is -2.27. The molecule has 1 aromatic carbocycles. The van der Waals surface area contributed by atoms with Crippen molar-refractivity contribution >= 4 is 51.8 Å². The summed E-state index contributed by atoms with van der Waals surface area (Å²) in [5.74, 6) is 0.860. The summed E-state index contributed by atoms with van der Waals surface area (Å²) in [4.78, 5) is 18.5. The van der Waals surface area contributed by atoms with E-state index in [0.29, 0.717) is 12.5 Å². The number of nitrogens with one attached hydrogen (secondary N) is 2. The summed E-state index contributed by atoms with van der Waals surface area (Å²) in [7, 11) is 1.75. The number of carbonyl (C=O) groups is 1. The third kappa shape index (κ3) is 5.34. The smallest absolute Gasteiger partial charge is 0.241 e. The minimum atomic E-state index is 0. The van der Waals surface area contributed by atoms with Crippen molar-refractivity contribution in [1.29, 1.82) is 0 Å². The maximum atomic E-state index is 12.3. The van der Waals surface area contributed by atoms with E-state index in [-0.39, 0.29) is 35.3 Å². The standard InChI is InChI=1S/C19H27BrN4O.HI/c1-21-18(22-13-17(25)24-11-5-2-6-12-24)23-14-19(9-10-19)15-7-3-4-8-16(15)20;/h3-4,7-8H,2,5-6,9-14H2,1H3,(H2,21,22,23);1H. The second-order valence-corrected chi connectivity index (χ2v) is 7.84. The number of likely N-dealkylation sites (tertiary alicyclic amines) is 1. The summed E-state index contributed by atoms with van der Waals surface area (Å²) in [5, 5.41) is 6.57. The monoisotopic (exact) mass is 534 g/mol.